The van der Waals surface area contributed by atoms with Crippen molar-refractivity contribution in [2.24, 2.45) is 4.99 Å². The highest BCUT2D eigenvalue weighted by Crippen LogP contribution is 2.49. The molecule has 1 saturated heterocycles. The smallest absolute Gasteiger partial charge is 0.410 e. The van der Waals surface area contributed by atoms with E-state index in [0.29, 0.717) is 34.9 Å². The fourth-order valence-corrected chi connectivity index (χ4v) is 8.74. The number of anilines is 2. The van der Waals surface area contributed by atoms with Crippen LogP contribution in [0.5, 0.6) is 0 Å². The Bertz CT molecular complexity index is 1310. The van der Waals surface area contributed by atoms with E-state index < -0.39 is 37.6 Å². The molecule has 2 aromatic rings. The normalized spacial score (nSPS) is 25.4. The van der Waals surface area contributed by atoms with Crippen molar-refractivity contribution in [2.45, 2.75) is 42.7 Å². The largest absolute Gasteiger partial charge is 0.465 e. The zero-order valence-corrected chi connectivity index (χ0v) is 20.5. The molecule has 4 rings (SSSR count). The second-order valence-electron chi connectivity index (χ2n) is 9.09. The summed E-state index contributed by atoms with van der Waals surface area (Å²) in [7, 11) is -3.24. The van der Waals surface area contributed by atoms with Crippen molar-refractivity contribution < 1.29 is 18.5 Å². The number of hydrogen-bond donors (Lipinski definition) is 5. The van der Waals surface area contributed by atoms with Gasteiger partial charge in [0.25, 0.3) is 0 Å². The van der Waals surface area contributed by atoms with Gasteiger partial charge in [-0.2, -0.15) is 5.26 Å². The third-order valence-electron chi connectivity index (χ3n) is 6.72. The number of nitrogens with one attached hydrogen (secondary N) is 3. The van der Waals surface area contributed by atoms with Gasteiger partial charge in [-0.25, -0.2) is 9.18 Å². The molecular formula is C23H25ClFN5O3S. The number of rotatable bonds is 3. The average Bonchev–Trinajstić information content (AvgIpc) is 3.19. The predicted octanol–water partition coefficient (Wildman–Crippen LogP) is 4.06. The van der Waals surface area contributed by atoms with E-state index in [2.05, 4.69) is 15.4 Å². The highest BCUT2D eigenvalue weighted by atomic mass is 35.5. The minimum Gasteiger partial charge on any atom is -0.465 e. The zero-order valence-electron chi connectivity index (χ0n) is 18.8. The van der Waals surface area contributed by atoms with Crippen LogP contribution >= 0.6 is 11.6 Å². The van der Waals surface area contributed by atoms with Gasteiger partial charge in [-0.15, -0.1) is 0 Å². The van der Waals surface area contributed by atoms with Gasteiger partial charge in [-0.05, 0) is 73.7 Å². The lowest BCUT2D eigenvalue weighted by Crippen LogP contribution is -2.65. The summed E-state index contributed by atoms with van der Waals surface area (Å²) in [6.07, 6.45) is -0.829. The first-order valence-corrected chi connectivity index (χ1v) is 12.8. The molecule has 0 unspecified atom stereocenters. The van der Waals surface area contributed by atoms with Crippen molar-refractivity contribution in [2.75, 3.05) is 11.9 Å². The van der Waals surface area contributed by atoms with Crippen LogP contribution in [0.2, 0.25) is 5.02 Å². The molecule has 0 radical (unpaired) electrons. The highest BCUT2D eigenvalue weighted by molar-refractivity contribution is 8.04. The number of benzene rings is 2. The molecule has 0 aliphatic carbocycles. The molecule has 0 spiro atoms. The van der Waals surface area contributed by atoms with Gasteiger partial charge in [0.2, 0.25) is 0 Å². The monoisotopic (exact) mass is 505 g/mol. The van der Waals surface area contributed by atoms with Crippen LogP contribution < -0.4 is 15.4 Å². The van der Waals surface area contributed by atoms with E-state index in [0.717, 1.165) is 0 Å². The van der Waals surface area contributed by atoms with Gasteiger partial charge >= 0.3 is 6.09 Å². The molecule has 11 heteroatoms. The summed E-state index contributed by atoms with van der Waals surface area (Å²) in [6, 6.07) is 11.2. The average molecular weight is 506 g/mol. The molecule has 180 valence electrons. The number of thiol groups is 1. The van der Waals surface area contributed by atoms with Gasteiger partial charge in [0.05, 0.1) is 32.3 Å². The number of nitriles is 1. The van der Waals surface area contributed by atoms with Crippen molar-refractivity contribution >= 4 is 45.0 Å². The van der Waals surface area contributed by atoms with E-state index >= 15 is 4.39 Å². The van der Waals surface area contributed by atoms with Crippen molar-refractivity contribution in [1.29, 1.82) is 5.26 Å². The SMILES string of the molecule is CC1(C)C(NC(=O)O)=N[C@](C)(c2cc(Nc3ccc(C#N)cc3Cl)ccc2F)[C@@H]2CCN[SH]21=O. The minimum atomic E-state index is -3.24. The highest BCUT2D eigenvalue weighted by Gasteiger charge is 2.59. The number of halogens is 2. The molecule has 0 saturated carbocycles. The van der Waals surface area contributed by atoms with Gasteiger partial charge in [0, 0.05) is 17.8 Å². The standard InChI is InChI=1S/C23H25ClFN5O3S/c1-22(2)20(29-21(31)32)30-23(3,19-8-9-27-34(19,22)33)15-11-14(5-6-17(15)25)28-18-7-4-13(12-26)10-16(18)24/h4-7,10-11,19,28,34H,8-9H2,1-3H3,(H,27,33)(H,29,30)(H,31,32)/t19-,23+/m0/s1. The Hall–Kier alpha value is -3.00. The van der Waals surface area contributed by atoms with Crippen LogP contribution in [0.3, 0.4) is 0 Å². The van der Waals surface area contributed by atoms with Crippen LogP contribution in [0.4, 0.5) is 20.6 Å². The maximum absolute atomic E-state index is 15.3. The predicted molar refractivity (Wildman–Crippen MR) is 132 cm³/mol. The lowest BCUT2D eigenvalue weighted by molar-refractivity contribution is 0.199. The maximum Gasteiger partial charge on any atom is 0.410 e. The van der Waals surface area contributed by atoms with Crippen LogP contribution in [0.15, 0.2) is 41.4 Å². The molecule has 4 N–H and O–H groups in total. The zero-order chi connectivity index (χ0) is 24.9. The van der Waals surface area contributed by atoms with Gasteiger partial charge in [0.15, 0.2) is 0 Å². The van der Waals surface area contributed by atoms with Crippen LogP contribution in [0.1, 0.15) is 38.3 Å². The fourth-order valence-electron chi connectivity index (χ4n) is 4.84. The molecule has 2 aromatic carbocycles. The molecule has 1 fully saturated rings. The molecule has 2 heterocycles. The van der Waals surface area contributed by atoms with E-state index in [9.17, 15) is 14.1 Å². The second kappa shape index (κ2) is 8.34. The Morgan fingerprint density at radius 2 is 2.06 bits per heavy atom. The summed E-state index contributed by atoms with van der Waals surface area (Å²) in [5.74, 6) is -0.514. The van der Waals surface area contributed by atoms with Gasteiger partial charge in [-0.3, -0.25) is 19.2 Å². The van der Waals surface area contributed by atoms with Crippen molar-refractivity contribution in [3.05, 3.63) is 58.4 Å². The summed E-state index contributed by atoms with van der Waals surface area (Å²) >= 11 is 6.28. The van der Waals surface area contributed by atoms with E-state index in [1.165, 1.54) is 18.2 Å². The first kappa shape index (κ1) is 24.1. The molecular weight excluding hydrogens is 481 g/mol. The quantitative estimate of drug-likeness (QED) is 0.402. The Labute approximate surface area is 202 Å². The fraction of sp³-hybridized carbons (Fsp3) is 0.348. The van der Waals surface area contributed by atoms with E-state index in [4.69, 9.17) is 21.9 Å². The third-order valence-corrected chi connectivity index (χ3v) is 11.2. The van der Waals surface area contributed by atoms with Crippen molar-refractivity contribution in [3.63, 3.8) is 0 Å². The molecule has 8 nitrogen and oxygen atoms in total. The summed E-state index contributed by atoms with van der Waals surface area (Å²) in [5.41, 5.74) is 0.347. The van der Waals surface area contributed by atoms with Crippen LogP contribution in [-0.4, -0.2) is 37.8 Å². The van der Waals surface area contributed by atoms with E-state index in [1.54, 1.807) is 39.0 Å². The Balaban J connectivity index is 1.83. The van der Waals surface area contributed by atoms with Crippen LogP contribution in [0.25, 0.3) is 0 Å². The maximum atomic E-state index is 15.3. The second-order valence-corrected chi connectivity index (χ2v) is 12.9. The number of amides is 1. The van der Waals surface area contributed by atoms with Crippen molar-refractivity contribution in [1.82, 2.24) is 10.0 Å². The van der Waals surface area contributed by atoms with E-state index in [1.807, 2.05) is 6.07 Å². The number of carboxylic acid groups (broad SMARTS) is 1. The summed E-state index contributed by atoms with van der Waals surface area (Å²) in [5, 5.41) is 23.6. The Morgan fingerprint density at radius 3 is 2.71 bits per heavy atom. The molecule has 0 bridgehead atoms. The molecule has 2 atom stereocenters. The summed E-state index contributed by atoms with van der Waals surface area (Å²) in [4.78, 5) is 16.2. The minimum absolute atomic E-state index is 0.0318. The first-order chi connectivity index (χ1) is 15.9. The van der Waals surface area contributed by atoms with Crippen LogP contribution in [-0.2, 0) is 15.7 Å². The number of amidine groups is 1. The van der Waals surface area contributed by atoms with Gasteiger partial charge < -0.3 is 10.4 Å². The third kappa shape index (κ3) is 3.74. The van der Waals surface area contributed by atoms with Gasteiger partial charge in [-0.1, -0.05) is 11.6 Å². The topological polar surface area (TPSA) is 127 Å². The number of nitrogens with zero attached hydrogens (tertiary/aromatic N) is 2. The lowest BCUT2D eigenvalue weighted by atomic mass is 9.85. The number of aliphatic imine (C=N–C) groups is 1. The summed E-state index contributed by atoms with van der Waals surface area (Å²) < 4.78 is 31.5. The van der Waals surface area contributed by atoms with E-state index in [-0.39, 0.29) is 11.4 Å². The molecule has 34 heavy (non-hydrogen) atoms. The lowest BCUT2D eigenvalue weighted by Gasteiger charge is -2.51. The van der Waals surface area contributed by atoms with Crippen LogP contribution in [0, 0.1) is 17.1 Å². The number of hydrogen-bond acceptors (Lipinski definition) is 5. The van der Waals surface area contributed by atoms with Gasteiger partial charge in [0.1, 0.15) is 17.2 Å². The number of fused-ring (bicyclic) bond motifs is 1. The number of carbonyl (C=O) groups is 1. The Kier molecular flexibility index (Phi) is 5.92. The molecule has 1 amide bonds. The van der Waals surface area contributed by atoms with Crippen molar-refractivity contribution in [3.8, 4) is 6.07 Å². The Morgan fingerprint density at radius 1 is 1.32 bits per heavy atom. The first-order valence-electron chi connectivity index (χ1n) is 10.6. The molecule has 2 aliphatic rings. The molecule has 2 aliphatic heterocycles. The molecule has 0 aromatic heterocycles. The summed E-state index contributed by atoms with van der Waals surface area (Å²) in [6.45, 7) is 5.52.